The Morgan fingerprint density at radius 1 is 0.708 bits per heavy atom. The van der Waals surface area contributed by atoms with Gasteiger partial charge in [-0.25, -0.2) is 0 Å². The van der Waals surface area contributed by atoms with E-state index in [1.807, 2.05) is 0 Å². The molecule has 0 aliphatic rings. The van der Waals surface area contributed by atoms with E-state index in [4.69, 9.17) is 11.2 Å². The topological polar surface area (TPSA) is 40.5 Å². The monoisotopic (exact) mass is 390 g/mol. The maximum absolute atomic E-state index is 12.8. The van der Waals surface area contributed by atoms with Crippen LogP contribution in [0, 0.1) is 0 Å². The summed E-state index contributed by atoms with van der Waals surface area (Å²) in [5, 5.41) is -1.42. The Kier molecular flexibility index (Phi) is 4.43. The van der Waals surface area contributed by atoms with Crippen molar-refractivity contribution in [1.82, 2.24) is 0 Å². The predicted octanol–water partition coefficient (Wildman–Crippen LogP) is 4.20. The van der Waals surface area contributed by atoms with Crippen molar-refractivity contribution in [1.29, 1.82) is 0 Å². The van der Waals surface area contributed by atoms with Crippen LogP contribution in [0.4, 0.5) is 26.3 Å². The Balaban J connectivity index is 2.63. The first-order valence-electron chi connectivity index (χ1n) is 6.29. The van der Waals surface area contributed by atoms with Gasteiger partial charge in [0.1, 0.15) is 0 Å². The summed E-state index contributed by atoms with van der Waals surface area (Å²) in [5.41, 5.74) is -2.41. The minimum atomic E-state index is -5.69. The van der Waals surface area contributed by atoms with Crippen molar-refractivity contribution in [3.05, 3.63) is 59.7 Å². The first-order chi connectivity index (χ1) is 10.7. The third-order valence-corrected chi connectivity index (χ3v) is 6.82. The summed E-state index contributed by atoms with van der Waals surface area (Å²) in [6.07, 6.45) is -15.2. The van der Waals surface area contributed by atoms with Crippen molar-refractivity contribution >= 4 is 28.3 Å². The van der Waals surface area contributed by atoms with Gasteiger partial charge in [-0.2, -0.15) is 0 Å². The average molecular weight is 391 g/mol. The van der Waals surface area contributed by atoms with Crippen molar-refractivity contribution in [2.24, 2.45) is 0 Å². The molecular formula is C14H10ClF6O2P. The van der Waals surface area contributed by atoms with Crippen molar-refractivity contribution in [3.63, 3.8) is 0 Å². The Hall–Kier alpha value is -1.34. The fourth-order valence-corrected chi connectivity index (χ4v) is 4.37. The average Bonchev–Trinajstić information content (AvgIpc) is 2.45. The number of halogens is 7. The van der Waals surface area contributed by atoms with Crippen LogP contribution in [0.15, 0.2) is 48.5 Å². The zero-order valence-electron chi connectivity index (χ0n) is 11.6. The van der Waals surface area contributed by atoms with Crippen LogP contribution in [0.3, 0.4) is 0 Å². The first-order valence-corrected chi connectivity index (χ1v) is 9.34. The van der Waals surface area contributed by atoms with Crippen LogP contribution >= 0.6 is 17.7 Å². The second kappa shape index (κ2) is 5.59. The van der Waals surface area contributed by atoms with Gasteiger partial charge in [0.25, 0.3) is 0 Å². The molecule has 0 saturated carbocycles. The molecule has 0 heterocycles. The van der Waals surface area contributed by atoms with E-state index in [-0.39, 0.29) is 0 Å². The van der Waals surface area contributed by atoms with E-state index in [0.29, 0.717) is 24.3 Å². The van der Waals surface area contributed by atoms with Crippen molar-refractivity contribution in [2.45, 2.75) is 12.4 Å². The molecule has 0 spiro atoms. The van der Waals surface area contributed by atoms with Crippen LogP contribution < -0.4 is 10.6 Å². The van der Waals surface area contributed by atoms with Crippen molar-refractivity contribution < 1.29 is 36.1 Å². The van der Waals surface area contributed by atoms with Gasteiger partial charge in [0.05, 0.1) is 0 Å². The third kappa shape index (κ3) is 3.67. The van der Waals surface area contributed by atoms with Gasteiger partial charge in [0.15, 0.2) is 0 Å². The first kappa shape index (κ1) is 19.0. The Bertz CT molecular complexity index is 703. The van der Waals surface area contributed by atoms with Gasteiger partial charge in [0.2, 0.25) is 0 Å². The summed E-state index contributed by atoms with van der Waals surface area (Å²) >= 11 is 5.79. The molecule has 0 radical (unpaired) electrons. The second-order valence-electron chi connectivity index (χ2n) is 5.02. The molecule has 0 amide bonds. The van der Waals surface area contributed by atoms with E-state index in [1.165, 1.54) is 0 Å². The van der Waals surface area contributed by atoms with E-state index in [9.17, 15) is 36.1 Å². The minimum absolute atomic E-state index is 0.408. The second-order valence-corrected chi connectivity index (χ2v) is 9.81. The van der Waals surface area contributed by atoms with Crippen molar-refractivity contribution in [3.8, 4) is 0 Å². The summed E-state index contributed by atoms with van der Waals surface area (Å²) in [7, 11) is 0. The molecule has 0 saturated heterocycles. The van der Waals surface area contributed by atoms with Crippen LogP contribution in [0.2, 0.25) is 0 Å². The standard InChI is InChI=1S/C14H10ClF6O2P/c15-24(22,23,11-5-1-3-9(7-11)13(16,17)18)12-6-2-4-10(8-12)14(19,20)21/h1-8,22-23H. The molecule has 2 rings (SSSR count). The number of hydrogen-bond donors (Lipinski definition) is 2. The summed E-state index contributed by atoms with van der Waals surface area (Å²) in [6, 6.07) is 5.79. The predicted molar refractivity (Wildman–Crippen MR) is 79.4 cm³/mol. The Labute approximate surface area is 137 Å². The summed E-state index contributed by atoms with van der Waals surface area (Å²) in [4.78, 5) is 20.8. The summed E-state index contributed by atoms with van der Waals surface area (Å²) < 4.78 is 76.6. The summed E-state index contributed by atoms with van der Waals surface area (Å²) in [6.45, 7) is 0. The summed E-state index contributed by atoms with van der Waals surface area (Å²) in [5.74, 6) is 0. The normalized spacial score (nSPS) is 15.0. The zero-order valence-corrected chi connectivity index (χ0v) is 13.3. The molecule has 2 aromatic rings. The number of rotatable bonds is 2. The Morgan fingerprint density at radius 3 is 1.33 bits per heavy atom. The van der Waals surface area contributed by atoms with Crippen LogP contribution in [-0.4, -0.2) is 9.79 Å². The van der Waals surface area contributed by atoms with Gasteiger partial charge >= 0.3 is 136 Å². The van der Waals surface area contributed by atoms with E-state index >= 15 is 0 Å². The molecule has 0 atom stereocenters. The fourth-order valence-electron chi connectivity index (χ4n) is 2.01. The molecular weight excluding hydrogens is 381 g/mol. The maximum atomic E-state index is 12.8. The van der Waals surface area contributed by atoms with Gasteiger partial charge in [0, 0.05) is 0 Å². The molecule has 0 aromatic heterocycles. The molecule has 0 bridgehead atoms. The number of hydrogen-bond acceptors (Lipinski definition) is 2. The van der Waals surface area contributed by atoms with Crippen LogP contribution in [0.25, 0.3) is 0 Å². The quantitative estimate of drug-likeness (QED) is 0.596. The van der Waals surface area contributed by atoms with E-state index < -0.39 is 40.5 Å². The van der Waals surface area contributed by atoms with Crippen LogP contribution in [-0.2, 0) is 12.4 Å². The van der Waals surface area contributed by atoms with Crippen LogP contribution in [0.1, 0.15) is 11.1 Å². The molecule has 0 aliphatic carbocycles. The van der Waals surface area contributed by atoms with Gasteiger partial charge in [-0.3, -0.25) is 0 Å². The fraction of sp³-hybridized carbons (Fsp3) is 0.143. The van der Waals surface area contributed by atoms with Gasteiger partial charge < -0.3 is 0 Å². The SMILES string of the molecule is OP(O)(Cl)(c1cccc(C(F)(F)F)c1)c1cccc(C(F)(F)F)c1. The molecule has 0 unspecified atom stereocenters. The van der Waals surface area contributed by atoms with E-state index in [0.717, 1.165) is 24.3 Å². The van der Waals surface area contributed by atoms with E-state index in [1.54, 1.807) is 0 Å². The van der Waals surface area contributed by atoms with E-state index in [2.05, 4.69) is 0 Å². The van der Waals surface area contributed by atoms with Gasteiger partial charge in [-0.05, 0) is 0 Å². The molecule has 132 valence electrons. The van der Waals surface area contributed by atoms with Crippen molar-refractivity contribution in [2.75, 3.05) is 0 Å². The van der Waals surface area contributed by atoms with Gasteiger partial charge in [-0.15, -0.1) is 0 Å². The van der Waals surface area contributed by atoms with Gasteiger partial charge in [-0.1, -0.05) is 0 Å². The third-order valence-electron chi connectivity index (χ3n) is 3.26. The molecule has 0 fully saturated rings. The zero-order chi connectivity index (χ0) is 18.4. The molecule has 2 N–H and O–H groups in total. The molecule has 24 heavy (non-hydrogen) atoms. The Morgan fingerprint density at radius 2 is 1.04 bits per heavy atom. The molecule has 10 heteroatoms. The number of benzene rings is 2. The number of alkyl halides is 6. The molecule has 0 aliphatic heterocycles. The van der Waals surface area contributed by atoms with Crippen LogP contribution in [0.5, 0.6) is 0 Å². The molecule has 2 aromatic carbocycles. The molecule has 2 nitrogen and oxygen atoms in total.